The number of alkyl halides is 2. The molecule has 1 aliphatic carbocycles. The number of urea groups is 1. The highest BCUT2D eigenvalue weighted by Gasteiger charge is 2.57. The van der Waals surface area contributed by atoms with Crippen molar-refractivity contribution in [3.8, 4) is 0 Å². The lowest BCUT2D eigenvalue weighted by atomic mass is 9.72. The third-order valence-electron chi connectivity index (χ3n) is 10.8. The van der Waals surface area contributed by atoms with Crippen LogP contribution in [0, 0.1) is 17.8 Å². The molecule has 6 rings (SSSR count). The molecule has 10 nitrogen and oxygen atoms in total. The molecule has 6 aliphatic rings. The van der Waals surface area contributed by atoms with Gasteiger partial charge in [0.15, 0.2) is 0 Å². The standard InChI is InChI=1S/C30H50F2N8O2S/c1-5-22(41)38-10-11-39(17(4)14-38)27-18-13-20(32)25-23-19(31)7-6-8-21(23)33-9-12-43-29-26(24(16(2)3)34-15-35-29)40(28(18)36-25)30(42)37-27/h5,16-21,23-29,33-36H,1,6-15H2,2-4H3,(H,37,42)/t17-,18?,19?,20?,21?,23?,24?,25?,26?,27?,28?,29?/m1/s1. The molecule has 3 amide bonds. The Hall–Kier alpha value is -1.51. The Labute approximate surface area is 258 Å². The van der Waals surface area contributed by atoms with E-state index in [0.29, 0.717) is 39.3 Å². The molecular weight excluding hydrogens is 574 g/mol. The Morgan fingerprint density at radius 3 is 2.67 bits per heavy atom. The fourth-order valence-electron chi connectivity index (χ4n) is 8.83. The fraction of sp³-hybridized carbons (Fsp3) is 0.867. The van der Waals surface area contributed by atoms with Gasteiger partial charge in [-0.25, -0.2) is 13.6 Å². The maximum absolute atomic E-state index is 16.5. The normalized spacial score (nSPS) is 44.4. The number of piperazine rings is 1. The Balaban J connectivity index is 1.37. The van der Waals surface area contributed by atoms with Crippen LogP contribution in [0.4, 0.5) is 13.6 Å². The van der Waals surface area contributed by atoms with Gasteiger partial charge in [0.05, 0.1) is 23.7 Å². The van der Waals surface area contributed by atoms with Gasteiger partial charge in [-0.1, -0.05) is 20.4 Å². The first kappa shape index (κ1) is 31.5. The summed E-state index contributed by atoms with van der Waals surface area (Å²) >= 11 is 1.81. The van der Waals surface area contributed by atoms with Crippen molar-refractivity contribution in [2.24, 2.45) is 17.8 Å². The SMILES string of the molecule is C=CC(=O)N1CCN(C2NC(=O)N3C4NC(C(F)CC42)C2C(F)CCCC2NCCSC2NCNC(C(C)C)C23)[C@H](C)C1. The molecule has 0 aromatic rings. The number of fused-ring (bicyclic) bond motifs is 5. The molecule has 2 bridgehead atoms. The zero-order chi connectivity index (χ0) is 30.4. The van der Waals surface area contributed by atoms with E-state index in [4.69, 9.17) is 0 Å². The summed E-state index contributed by atoms with van der Waals surface area (Å²) in [6.45, 7) is 13.0. The number of halogens is 2. The summed E-state index contributed by atoms with van der Waals surface area (Å²) in [6.07, 6.45) is 0.432. The minimum Gasteiger partial charge on any atom is -0.336 e. The Morgan fingerprint density at radius 1 is 1.12 bits per heavy atom. The van der Waals surface area contributed by atoms with E-state index in [9.17, 15) is 9.59 Å². The van der Waals surface area contributed by atoms with E-state index in [1.54, 1.807) is 4.90 Å². The summed E-state index contributed by atoms with van der Waals surface area (Å²) in [7, 11) is 0. The molecule has 0 radical (unpaired) electrons. The predicted molar refractivity (Wildman–Crippen MR) is 165 cm³/mol. The van der Waals surface area contributed by atoms with E-state index in [-0.39, 0.29) is 59.7 Å². The summed E-state index contributed by atoms with van der Waals surface area (Å²) < 4.78 is 32.3. The minimum atomic E-state index is -1.25. The lowest BCUT2D eigenvalue weighted by Crippen LogP contribution is -2.81. The average Bonchev–Trinajstić information content (AvgIpc) is 2.98. The van der Waals surface area contributed by atoms with Crippen molar-refractivity contribution in [2.45, 2.75) is 107 Å². The topological polar surface area (TPSA) is 104 Å². The number of amides is 3. The minimum absolute atomic E-state index is 0.00960. The number of nitrogens with one attached hydrogen (secondary N) is 5. The molecule has 1 saturated carbocycles. The molecule has 5 N–H and O–H groups in total. The van der Waals surface area contributed by atoms with E-state index in [2.05, 4.69) is 58.8 Å². The van der Waals surface area contributed by atoms with Gasteiger partial charge >= 0.3 is 6.03 Å². The predicted octanol–water partition coefficient (Wildman–Crippen LogP) is 1.41. The monoisotopic (exact) mass is 624 g/mol. The van der Waals surface area contributed by atoms with Gasteiger partial charge in [-0.15, -0.1) is 11.8 Å². The molecule has 12 atom stereocenters. The van der Waals surface area contributed by atoms with Crippen LogP contribution in [0.15, 0.2) is 12.7 Å². The zero-order valence-electron chi connectivity index (χ0n) is 25.7. The van der Waals surface area contributed by atoms with Crippen LogP contribution in [0.1, 0.15) is 46.5 Å². The van der Waals surface area contributed by atoms with Crippen molar-refractivity contribution in [1.29, 1.82) is 0 Å². The molecule has 5 saturated heterocycles. The number of carbonyl (C=O) groups is 2. The second kappa shape index (κ2) is 13.1. The number of piperidine rings is 1. The summed E-state index contributed by atoms with van der Waals surface area (Å²) in [5.74, 6) is 0.211. The van der Waals surface area contributed by atoms with E-state index >= 15 is 8.78 Å². The molecule has 13 heteroatoms. The second-order valence-electron chi connectivity index (χ2n) is 13.7. The van der Waals surface area contributed by atoms with Crippen LogP contribution in [0.3, 0.4) is 0 Å². The summed E-state index contributed by atoms with van der Waals surface area (Å²) in [5.41, 5.74) is 0. The first-order valence-corrected chi connectivity index (χ1v) is 17.4. The van der Waals surface area contributed by atoms with E-state index in [1.807, 2.05) is 16.7 Å². The maximum Gasteiger partial charge on any atom is 0.320 e. The Bertz CT molecular complexity index is 1040. The third kappa shape index (κ3) is 5.94. The molecule has 0 aromatic heterocycles. The molecule has 0 aromatic carbocycles. The molecule has 6 fully saturated rings. The number of hydrogen-bond acceptors (Lipinski definition) is 8. The van der Waals surface area contributed by atoms with Crippen LogP contribution in [-0.4, -0.2) is 125 Å². The van der Waals surface area contributed by atoms with Gasteiger partial charge in [0.2, 0.25) is 5.91 Å². The third-order valence-corrected chi connectivity index (χ3v) is 12.1. The maximum atomic E-state index is 16.5. The lowest BCUT2D eigenvalue weighted by Gasteiger charge is -2.60. The van der Waals surface area contributed by atoms with Crippen molar-refractivity contribution in [3.05, 3.63) is 12.7 Å². The van der Waals surface area contributed by atoms with Crippen LogP contribution >= 0.6 is 11.8 Å². The average molecular weight is 625 g/mol. The highest BCUT2D eigenvalue weighted by molar-refractivity contribution is 7.99. The van der Waals surface area contributed by atoms with Crippen LogP contribution in [-0.2, 0) is 4.79 Å². The number of hydrogen-bond donors (Lipinski definition) is 5. The fourth-order valence-corrected chi connectivity index (χ4v) is 10.0. The summed E-state index contributed by atoms with van der Waals surface area (Å²) in [4.78, 5) is 32.7. The van der Waals surface area contributed by atoms with Crippen molar-refractivity contribution in [1.82, 2.24) is 41.3 Å². The van der Waals surface area contributed by atoms with Crippen molar-refractivity contribution in [2.75, 3.05) is 38.6 Å². The molecule has 43 heavy (non-hydrogen) atoms. The van der Waals surface area contributed by atoms with Crippen molar-refractivity contribution < 1.29 is 18.4 Å². The van der Waals surface area contributed by atoms with Gasteiger partial charge in [-0.3, -0.25) is 25.6 Å². The summed E-state index contributed by atoms with van der Waals surface area (Å²) in [6, 6.07) is -1.17. The highest BCUT2D eigenvalue weighted by Crippen LogP contribution is 2.42. The number of carbonyl (C=O) groups excluding carboxylic acids is 2. The summed E-state index contributed by atoms with van der Waals surface area (Å²) in [5, 5.41) is 17.8. The highest BCUT2D eigenvalue weighted by atomic mass is 32.2. The van der Waals surface area contributed by atoms with Gasteiger partial charge in [0.1, 0.15) is 12.3 Å². The van der Waals surface area contributed by atoms with Gasteiger partial charge in [-0.05, 0) is 44.6 Å². The van der Waals surface area contributed by atoms with Crippen LogP contribution in [0.2, 0.25) is 0 Å². The van der Waals surface area contributed by atoms with Gasteiger partial charge in [0.25, 0.3) is 0 Å². The first-order valence-electron chi connectivity index (χ1n) is 16.3. The first-order chi connectivity index (χ1) is 20.7. The van der Waals surface area contributed by atoms with Crippen molar-refractivity contribution in [3.63, 3.8) is 0 Å². The number of rotatable bonds is 3. The van der Waals surface area contributed by atoms with E-state index < -0.39 is 36.6 Å². The molecule has 0 spiro atoms. The van der Waals surface area contributed by atoms with Crippen molar-refractivity contribution >= 4 is 23.7 Å². The van der Waals surface area contributed by atoms with Crippen LogP contribution < -0.4 is 26.6 Å². The largest absolute Gasteiger partial charge is 0.336 e. The molecule has 5 heterocycles. The molecule has 242 valence electrons. The van der Waals surface area contributed by atoms with Crippen LogP contribution in [0.25, 0.3) is 0 Å². The molecular formula is C30H50F2N8O2S. The van der Waals surface area contributed by atoms with Crippen LogP contribution in [0.5, 0.6) is 0 Å². The Morgan fingerprint density at radius 2 is 1.93 bits per heavy atom. The second-order valence-corrected chi connectivity index (χ2v) is 14.9. The number of thioether (sulfide) groups is 1. The Kier molecular flexibility index (Phi) is 9.57. The smallest absolute Gasteiger partial charge is 0.320 e. The lowest BCUT2D eigenvalue weighted by molar-refractivity contribution is -0.132. The van der Waals surface area contributed by atoms with Gasteiger partial charge in [0, 0.05) is 74.6 Å². The molecule has 5 aliphatic heterocycles. The van der Waals surface area contributed by atoms with Gasteiger partial charge < -0.3 is 20.4 Å². The molecule has 11 unspecified atom stereocenters. The van der Waals surface area contributed by atoms with E-state index in [0.717, 1.165) is 18.6 Å². The van der Waals surface area contributed by atoms with Gasteiger partial charge in [-0.2, -0.15) is 0 Å². The zero-order valence-corrected chi connectivity index (χ0v) is 26.5. The number of nitrogens with zero attached hydrogens (tertiary/aromatic N) is 3. The quantitative estimate of drug-likeness (QED) is 0.301. The van der Waals surface area contributed by atoms with E-state index in [1.165, 1.54) is 6.08 Å².